The van der Waals surface area contributed by atoms with Gasteiger partial charge in [-0.15, -0.1) is 6.58 Å². The first-order valence-corrected chi connectivity index (χ1v) is 13.1. The first-order chi connectivity index (χ1) is 17.8. The Labute approximate surface area is 224 Å². The number of aliphatic hydroxyl groups is 7. The van der Waals surface area contributed by atoms with Crippen LogP contribution in [0.2, 0.25) is 0 Å². The third kappa shape index (κ3) is 9.46. The van der Waals surface area contributed by atoms with Gasteiger partial charge in [-0.1, -0.05) is 29.4 Å². The summed E-state index contributed by atoms with van der Waals surface area (Å²) < 4.78 is 22.1. The molecular formula is C27H46O11. The second-order valence-electron chi connectivity index (χ2n) is 10.6. The summed E-state index contributed by atoms with van der Waals surface area (Å²) in [6, 6.07) is 0. The molecule has 0 aromatic heterocycles. The smallest absolute Gasteiger partial charge is 0.187 e. The van der Waals surface area contributed by atoms with Crippen molar-refractivity contribution in [3.8, 4) is 0 Å². The molecule has 38 heavy (non-hydrogen) atoms. The van der Waals surface area contributed by atoms with E-state index in [1.807, 2.05) is 19.9 Å². The molecule has 2 heterocycles. The van der Waals surface area contributed by atoms with Crippen molar-refractivity contribution in [3.63, 3.8) is 0 Å². The lowest BCUT2D eigenvalue weighted by atomic mass is 9.98. The van der Waals surface area contributed by atoms with Crippen molar-refractivity contribution >= 4 is 0 Å². The Kier molecular flexibility index (Phi) is 13.0. The fraction of sp³-hybridized carbons (Fsp3) is 0.778. The van der Waals surface area contributed by atoms with E-state index in [1.54, 1.807) is 6.92 Å². The van der Waals surface area contributed by atoms with Crippen LogP contribution >= 0.6 is 0 Å². The van der Waals surface area contributed by atoms with Gasteiger partial charge in [0.15, 0.2) is 12.6 Å². The number of aliphatic hydroxyl groups excluding tert-OH is 6. The highest BCUT2D eigenvalue weighted by atomic mass is 16.7. The van der Waals surface area contributed by atoms with Crippen molar-refractivity contribution in [2.75, 3.05) is 13.2 Å². The molecule has 2 aliphatic heterocycles. The normalized spacial score (nSPS) is 38.6. The Morgan fingerprint density at radius 1 is 0.816 bits per heavy atom. The Bertz CT molecular complexity index is 798. The van der Waals surface area contributed by atoms with E-state index in [2.05, 4.69) is 12.7 Å². The number of rotatable bonds is 13. The quantitative estimate of drug-likeness (QED) is 0.155. The lowest BCUT2D eigenvalue weighted by Gasteiger charge is -2.42. The first kappa shape index (κ1) is 33.0. The van der Waals surface area contributed by atoms with Gasteiger partial charge in [0, 0.05) is 0 Å². The highest BCUT2D eigenvalue weighted by molar-refractivity contribution is 5.05. The fourth-order valence-corrected chi connectivity index (χ4v) is 4.17. The van der Waals surface area contributed by atoms with Crippen LogP contribution in [0.1, 0.15) is 53.4 Å². The fourth-order valence-electron chi connectivity index (χ4n) is 4.17. The zero-order chi connectivity index (χ0) is 28.6. The Morgan fingerprint density at radius 3 is 2.03 bits per heavy atom. The summed E-state index contributed by atoms with van der Waals surface area (Å²) >= 11 is 0. The van der Waals surface area contributed by atoms with Gasteiger partial charge in [0.1, 0.15) is 42.7 Å². The molecule has 2 aliphatic rings. The molecule has 7 N–H and O–H groups in total. The summed E-state index contributed by atoms with van der Waals surface area (Å²) in [5.41, 5.74) is 1.21. The van der Waals surface area contributed by atoms with E-state index in [9.17, 15) is 35.7 Å². The molecule has 2 saturated heterocycles. The van der Waals surface area contributed by atoms with Gasteiger partial charge >= 0.3 is 0 Å². The van der Waals surface area contributed by atoms with E-state index >= 15 is 0 Å². The highest BCUT2D eigenvalue weighted by Crippen LogP contribution is 2.26. The summed E-state index contributed by atoms with van der Waals surface area (Å²) in [5, 5.41) is 70.8. The van der Waals surface area contributed by atoms with Crippen LogP contribution in [0.4, 0.5) is 0 Å². The van der Waals surface area contributed by atoms with E-state index in [-0.39, 0.29) is 13.2 Å². The van der Waals surface area contributed by atoms with Crippen LogP contribution < -0.4 is 0 Å². The SMILES string of the molecule is C=C[C@@](C)(O)CC/C=C(\C)CC/C=C(\C)CO[C@@H]1O[C@H](CO[C@@H]2O[C@@H](C)[C@H](O)[C@@H](O)[C@H]2O)[C@@H](O)[C@H](O)[C@H]1O. The third-order valence-electron chi connectivity index (χ3n) is 6.99. The minimum atomic E-state index is -1.56. The monoisotopic (exact) mass is 546 g/mol. The second-order valence-corrected chi connectivity index (χ2v) is 10.6. The standard InChI is InChI=1S/C27H46O11/c1-6-27(5,34)12-8-11-15(2)9-7-10-16(3)13-35-26-24(33)22(31)20(29)18(38-26)14-36-25-23(32)21(30)19(28)17(4)37-25/h6,10-11,17-26,28-34H,1,7-9,12-14H2,2-5H3/b15-11+,16-10+/t17-,18+,19-,20+,21+,22-,23+,24+,25+,26+,27+/m0/s1. The van der Waals surface area contributed by atoms with Crippen LogP contribution in [0.15, 0.2) is 36.0 Å². The van der Waals surface area contributed by atoms with Gasteiger partial charge in [-0.3, -0.25) is 0 Å². The van der Waals surface area contributed by atoms with Crippen LogP contribution in [0.5, 0.6) is 0 Å². The van der Waals surface area contributed by atoms with Gasteiger partial charge in [0.2, 0.25) is 0 Å². The van der Waals surface area contributed by atoms with Gasteiger partial charge in [-0.2, -0.15) is 0 Å². The van der Waals surface area contributed by atoms with Crippen molar-refractivity contribution in [2.45, 2.75) is 120 Å². The summed E-state index contributed by atoms with van der Waals surface area (Å²) in [4.78, 5) is 0. The van der Waals surface area contributed by atoms with Gasteiger partial charge in [0.05, 0.1) is 24.9 Å². The molecule has 0 aromatic carbocycles. The van der Waals surface area contributed by atoms with Gasteiger partial charge < -0.3 is 54.7 Å². The van der Waals surface area contributed by atoms with Gasteiger partial charge in [-0.25, -0.2) is 0 Å². The maximum absolute atomic E-state index is 10.3. The van der Waals surface area contributed by atoms with Gasteiger partial charge in [0.25, 0.3) is 0 Å². The number of allylic oxidation sites excluding steroid dienone is 3. The van der Waals surface area contributed by atoms with Crippen LogP contribution in [0, 0.1) is 0 Å². The molecule has 0 aromatic rings. The number of hydrogen-bond acceptors (Lipinski definition) is 11. The van der Waals surface area contributed by atoms with Crippen molar-refractivity contribution in [1.82, 2.24) is 0 Å². The average molecular weight is 547 g/mol. The third-order valence-corrected chi connectivity index (χ3v) is 6.99. The predicted octanol–water partition coefficient (Wildman–Crippen LogP) is 0.0447. The average Bonchev–Trinajstić information content (AvgIpc) is 2.87. The highest BCUT2D eigenvalue weighted by Gasteiger charge is 2.46. The molecular weight excluding hydrogens is 500 g/mol. The molecule has 220 valence electrons. The van der Waals surface area contributed by atoms with E-state index in [0.29, 0.717) is 6.42 Å². The molecule has 11 heteroatoms. The maximum Gasteiger partial charge on any atom is 0.187 e. The van der Waals surface area contributed by atoms with E-state index in [0.717, 1.165) is 24.8 Å². The Morgan fingerprint density at radius 2 is 1.39 bits per heavy atom. The molecule has 2 fully saturated rings. The maximum atomic E-state index is 10.3. The molecule has 11 atom stereocenters. The van der Waals surface area contributed by atoms with Crippen molar-refractivity contribution in [2.24, 2.45) is 0 Å². The molecule has 0 bridgehead atoms. The summed E-state index contributed by atoms with van der Waals surface area (Å²) in [6.45, 7) is 10.5. The Balaban J connectivity index is 1.83. The molecule has 0 radical (unpaired) electrons. The molecule has 11 nitrogen and oxygen atoms in total. The van der Waals surface area contributed by atoms with E-state index in [1.165, 1.54) is 18.6 Å². The zero-order valence-corrected chi connectivity index (χ0v) is 22.7. The molecule has 0 spiro atoms. The van der Waals surface area contributed by atoms with Crippen LogP contribution in [-0.2, 0) is 18.9 Å². The number of hydrogen-bond donors (Lipinski definition) is 7. The summed E-state index contributed by atoms with van der Waals surface area (Å²) in [7, 11) is 0. The summed E-state index contributed by atoms with van der Waals surface area (Å²) in [5.74, 6) is 0. The first-order valence-electron chi connectivity index (χ1n) is 13.1. The van der Waals surface area contributed by atoms with Crippen LogP contribution in [0.25, 0.3) is 0 Å². The molecule has 2 rings (SSSR count). The molecule has 0 amide bonds. The van der Waals surface area contributed by atoms with Gasteiger partial charge in [-0.05, 0) is 53.4 Å². The molecule has 0 saturated carbocycles. The van der Waals surface area contributed by atoms with Crippen molar-refractivity contribution < 1.29 is 54.7 Å². The second kappa shape index (κ2) is 15.0. The minimum absolute atomic E-state index is 0.120. The zero-order valence-electron chi connectivity index (χ0n) is 22.7. The number of ether oxygens (including phenoxy) is 4. The topological polar surface area (TPSA) is 179 Å². The van der Waals surface area contributed by atoms with Crippen LogP contribution in [-0.4, -0.2) is 116 Å². The lowest BCUT2D eigenvalue weighted by Crippen LogP contribution is -2.61. The lowest BCUT2D eigenvalue weighted by molar-refractivity contribution is -0.327. The van der Waals surface area contributed by atoms with Crippen molar-refractivity contribution in [3.05, 3.63) is 36.0 Å². The van der Waals surface area contributed by atoms with E-state index in [4.69, 9.17) is 18.9 Å². The largest absolute Gasteiger partial charge is 0.388 e. The summed E-state index contributed by atoms with van der Waals surface area (Å²) in [6.07, 6.45) is -4.72. The Hall–Kier alpha value is -1.22. The molecule has 0 aliphatic carbocycles. The predicted molar refractivity (Wildman–Crippen MR) is 138 cm³/mol. The van der Waals surface area contributed by atoms with Crippen molar-refractivity contribution in [1.29, 1.82) is 0 Å². The van der Waals surface area contributed by atoms with E-state index < -0.39 is 67.0 Å². The minimum Gasteiger partial charge on any atom is -0.388 e. The van der Waals surface area contributed by atoms with Crippen LogP contribution in [0.3, 0.4) is 0 Å². The molecule has 0 unspecified atom stereocenters.